The van der Waals surface area contributed by atoms with Gasteiger partial charge in [0.15, 0.2) is 0 Å². The van der Waals surface area contributed by atoms with Crippen LogP contribution in [0.2, 0.25) is 0 Å². The summed E-state index contributed by atoms with van der Waals surface area (Å²) in [4.78, 5) is 0. The predicted octanol–water partition coefficient (Wildman–Crippen LogP) is 1.61. The van der Waals surface area contributed by atoms with E-state index in [9.17, 15) is 13.5 Å². The third kappa shape index (κ3) is 3.55. The van der Waals surface area contributed by atoms with Crippen LogP contribution in [0.15, 0.2) is 30.3 Å². The first-order valence-electron chi connectivity index (χ1n) is 6.73. The van der Waals surface area contributed by atoms with Crippen LogP contribution in [-0.2, 0) is 15.6 Å². The molecule has 0 radical (unpaired) electrons. The summed E-state index contributed by atoms with van der Waals surface area (Å²) in [7, 11) is -3.29. The maximum absolute atomic E-state index is 11.7. The first-order chi connectivity index (χ1) is 8.98. The molecule has 0 aromatic heterocycles. The number of sulfonamides is 1. The molecule has 1 saturated carbocycles. The average molecular weight is 283 g/mol. The molecular formula is C14H21NO3S. The van der Waals surface area contributed by atoms with Crippen molar-refractivity contribution in [3.05, 3.63) is 35.9 Å². The summed E-state index contributed by atoms with van der Waals surface area (Å²) in [5.41, 5.74) is -0.293. The Hall–Kier alpha value is -0.910. The van der Waals surface area contributed by atoms with Gasteiger partial charge in [0.05, 0.1) is 5.75 Å². The van der Waals surface area contributed by atoms with E-state index in [1.165, 1.54) is 0 Å². The Morgan fingerprint density at radius 2 is 1.95 bits per heavy atom. The molecule has 0 spiro atoms. The van der Waals surface area contributed by atoms with Gasteiger partial charge >= 0.3 is 0 Å². The van der Waals surface area contributed by atoms with Crippen molar-refractivity contribution >= 4 is 10.0 Å². The molecule has 0 aliphatic heterocycles. The largest absolute Gasteiger partial charge is 0.383 e. The van der Waals surface area contributed by atoms with Gasteiger partial charge in [-0.1, -0.05) is 37.3 Å². The maximum atomic E-state index is 11.7. The molecule has 1 atom stereocenters. The molecule has 2 rings (SSSR count). The Kier molecular flexibility index (Phi) is 4.28. The van der Waals surface area contributed by atoms with Gasteiger partial charge in [0.25, 0.3) is 0 Å². The van der Waals surface area contributed by atoms with E-state index in [0.29, 0.717) is 6.42 Å². The van der Waals surface area contributed by atoms with Gasteiger partial charge in [-0.2, -0.15) is 0 Å². The molecule has 0 bridgehead atoms. The lowest BCUT2D eigenvalue weighted by Gasteiger charge is -2.29. The smallest absolute Gasteiger partial charge is 0.211 e. The maximum Gasteiger partial charge on any atom is 0.211 e. The summed E-state index contributed by atoms with van der Waals surface area (Å²) in [6.45, 7) is 1.88. The van der Waals surface area contributed by atoms with Crippen molar-refractivity contribution in [1.29, 1.82) is 0 Å². The summed E-state index contributed by atoms with van der Waals surface area (Å²) in [6.07, 6.45) is 2.46. The van der Waals surface area contributed by atoms with Crippen molar-refractivity contribution in [1.82, 2.24) is 4.72 Å². The Morgan fingerprint density at radius 1 is 1.32 bits per heavy atom. The van der Waals surface area contributed by atoms with Gasteiger partial charge in [0.1, 0.15) is 5.60 Å². The SMILES string of the molecule is CCCS(=O)(=O)NCC(O)(c1ccccc1)C1CC1. The van der Waals surface area contributed by atoms with Crippen molar-refractivity contribution in [3.63, 3.8) is 0 Å². The molecule has 1 aromatic rings. The van der Waals surface area contributed by atoms with Crippen LogP contribution < -0.4 is 4.72 Å². The molecule has 19 heavy (non-hydrogen) atoms. The van der Waals surface area contributed by atoms with Gasteiger partial charge in [0, 0.05) is 6.54 Å². The fourth-order valence-electron chi connectivity index (χ4n) is 2.33. The predicted molar refractivity (Wildman–Crippen MR) is 75.1 cm³/mol. The summed E-state index contributed by atoms with van der Waals surface area (Å²) in [6, 6.07) is 9.32. The van der Waals surface area contributed by atoms with Crippen LogP contribution in [0.3, 0.4) is 0 Å². The summed E-state index contributed by atoms with van der Waals surface area (Å²) < 4.78 is 26.0. The van der Waals surface area contributed by atoms with E-state index in [0.717, 1.165) is 18.4 Å². The van der Waals surface area contributed by atoms with Gasteiger partial charge in [0.2, 0.25) is 10.0 Å². The second-order valence-corrected chi connectivity index (χ2v) is 7.13. The number of benzene rings is 1. The molecule has 1 aliphatic carbocycles. The lowest BCUT2D eigenvalue weighted by atomic mass is 9.89. The first-order valence-corrected chi connectivity index (χ1v) is 8.38. The van der Waals surface area contributed by atoms with Gasteiger partial charge in [-0.15, -0.1) is 0 Å². The molecule has 2 N–H and O–H groups in total. The summed E-state index contributed by atoms with van der Waals surface area (Å²) in [5, 5.41) is 10.8. The molecule has 1 aliphatic rings. The second kappa shape index (κ2) is 5.61. The highest BCUT2D eigenvalue weighted by Gasteiger charge is 2.45. The third-order valence-electron chi connectivity index (χ3n) is 3.56. The van der Waals surface area contributed by atoms with Crippen molar-refractivity contribution in [2.75, 3.05) is 12.3 Å². The lowest BCUT2D eigenvalue weighted by Crippen LogP contribution is -2.43. The molecule has 4 nitrogen and oxygen atoms in total. The van der Waals surface area contributed by atoms with E-state index in [2.05, 4.69) is 4.72 Å². The Balaban J connectivity index is 2.13. The normalized spacial score (nSPS) is 19.1. The van der Waals surface area contributed by atoms with E-state index >= 15 is 0 Å². The lowest BCUT2D eigenvalue weighted by molar-refractivity contribution is 0.0185. The molecule has 0 amide bonds. The van der Waals surface area contributed by atoms with Crippen LogP contribution in [0.4, 0.5) is 0 Å². The highest BCUT2D eigenvalue weighted by molar-refractivity contribution is 7.89. The van der Waals surface area contributed by atoms with Gasteiger partial charge in [-0.25, -0.2) is 13.1 Å². The highest BCUT2D eigenvalue weighted by Crippen LogP contribution is 2.45. The number of hydrogen-bond donors (Lipinski definition) is 2. The van der Waals surface area contributed by atoms with E-state index in [4.69, 9.17) is 0 Å². The minimum atomic E-state index is -3.29. The van der Waals surface area contributed by atoms with Crippen molar-refractivity contribution < 1.29 is 13.5 Å². The minimum Gasteiger partial charge on any atom is -0.383 e. The van der Waals surface area contributed by atoms with Crippen LogP contribution in [-0.4, -0.2) is 25.8 Å². The molecule has 106 valence electrons. The van der Waals surface area contributed by atoms with Crippen molar-refractivity contribution in [2.45, 2.75) is 31.8 Å². The van der Waals surface area contributed by atoms with Crippen molar-refractivity contribution in [3.8, 4) is 0 Å². The van der Waals surface area contributed by atoms with Gasteiger partial charge in [-0.3, -0.25) is 0 Å². The van der Waals surface area contributed by atoms with E-state index in [1.54, 1.807) is 0 Å². The van der Waals surface area contributed by atoms with E-state index in [1.807, 2.05) is 37.3 Å². The molecule has 1 unspecified atom stereocenters. The van der Waals surface area contributed by atoms with Gasteiger partial charge < -0.3 is 5.11 Å². The van der Waals surface area contributed by atoms with Crippen LogP contribution >= 0.6 is 0 Å². The highest BCUT2D eigenvalue weighted by atomic mass is 32.2. The molecule has 0 heterocycles. The number of rotatable bonds is 7. The Morgan fingerprint density at radius 3 is 2.47 bits per heavy atom. The first kappa shape index (κ1) is 14.5. The van der Waals surface area contributed by atoms with E-state index in [-0.39, 0.29) is 18.2 Å². The average Bonchev–Trinajstić information content (AvgIpc) is 3.22. The zero-order chi connectivity index (χ0) is 13.9. The van der Waals surface area contributed by atoms with Crippen LogP contribution in [0, 0.1) is 5.92 Å². The van der Waals surface area contributed by atoms with E-state index < -0.39 is 15.6 Å². The monoisotopic (exact) mass is 283 g/mol. The zero-order valence-corrected chi connectivity index (χ0v) is 12.0. The fraction of sp³-hybridized carbons (Fsp3) is 0.571. The number of hydrogen-bond acceptors (Lipinski definition) is 3. The van der Waals surface area contributed by atoms with Crippen LogP contribution in [0.5, 0.6) is 0 Å². The standard InChI is InChI=1S/C14H21NO3S/c1-2-10-19(17,18)15-11-14(16,13-8-9-13)12-6-4-3-5-7-12/h3-7,13,15-16H,2,8-11H2,1H3. The Labute approximate surface area is 114 Å². The Bertz CT molecular complexity index is 511. The van der Waals surface area contributed by atoms with Gasteiger partial charge in [-0.05, 0) is 30.7 Å². The minimum absolute atomic E-state index is 0.0595. The molecular weight excluding hydrogens is 262 g/mol. The summed E-state index contributed by atoms with van der Waals surface area (Å²) in [5.74, 6) is 0.252. The number of aliphatic hydroxyl groups is 1. The molecule has 1 aromatic carbocycles. The summed E-state index contributed by atoms with van der Waals surface area (Å²) >= 11 is 0. The second-order valence-electron chi connectivity index (χ2n) is 5.20. The fourth-order valence-corrected chi connectivity index (χ4v) is 3.45. The van der Waals surface area contributed by atoms with Crippen LogP contribution in [0.1, 0.15) is 31.7 Å². The topological polar surface area (TPSA) is 66.4 Å². The van der Waals surface area contributed by atoms with Crippen LogP contribution in [0.25, 0.3) is 0 Å². The molecule has 5 heteroatoms. The van der Waals surface area contributed by atoms with Crippen molar-refractivity contribution in [2.24, 2.45) is 5.92 Å². The molecule has 0 saturated heterocycles. The third-order valence-corrected chi connectivity index (χ3v) is 5.09. The molecule has 1 fully saturated rings. The quantitative estimate of drug-likeness (QED) is 0.799. The number of nitrogens with one attached hydrogen (secondary N) is 1. The zero-order valence-electron chi connectivity index (χ0n) is 11.2.